The molecule has 0 aliphatic carbocycles. The van der Waals surface area contributed by atoms with Crippen LogP contribution in [0.1, 0.15) is 11.1 Å². The van der Waals surface area contributed by atoms with Gasteiger partial charge < -0.3 is 4.90 Å². The van der Waals surface area contributed by atoms with Crippen molar-refractivity contribution >= 4 is 23.5 Å². The van der Waals surface area contributed by atoms with Gasteiger partial charge in [0.2, 0.25) is 0 Å². The lowest BCUT2D eigenvalue weighted by Gasteiger charge is -2.23. The second kappa shape index (κ2) is 4.38. The van der Waals surface area contributed by atoms with Gasteiger partial charge >= 0.3 is 0 Å². The summed E-state index contributed by atoms with van der Waals surface area (Å²) in [4.78, 5) is 2.06. The summed E-state index contributed by atoms with van der Waals surface area (Å²) in [6.45, 7) is 0.357. The van der Waals surface area contributed by atoms with Gasteiger partial charge in [-0.25, -0.2) is 0 Å². The summed E-state index contributed by atoms with van der Waals surface area (Å²) in [6, 6.07) is 18.5. The fourth-order valence-corrected chi connectivity index (χ4v) is 2.30. The Hall–Kier alpha value is -2.53. The van der Waals surface area contributed by atoms with Crippen molar-refractivity contribution < 1.29 is 0 Å². The lowest BCUT2D eigenvalue weighted by molar-refractivity contribution is 1.10. The molecule has 2 aromatic rings. The molecule has 1 heterocycles. The van der Waals surface area contributed by atoms with Crippen molar-refractivity contribution in [3.05, 3.63) is 59.7 Å². The number of anilines is 2. The Labute approximate surface area is 106 Å². The fourth-order valence-electron chi connectivity index (χ4n) is 2.30. The average Bonchev–Trinajstić information content (AvgIpc) is 2.58. The molecule has 1 aliphatic rings. The zero-order chi connectivity index (χ0) is 12.4. The van der Waals surface area contributed by atoms with Gasteiger partial charge in [-0.15, -0.1) is 0 Å². The first-order valence-electron chi connectivity index (χ1n) is 5.91. The van der Waals surface area contributed by atoms with Crippen LogP contribution in [0.15, 0.2) is 48.5 Å². The maximum Gasteiger partial charge on any atom is 0.110 e. The van der Waals surface area contributed by atoms with E-state index in [0.717, 1.165) is 22.5 Å². The monoisotopic (exact) mass is 232 g/mol. The number of nitriles is 1. The predicted octanol–water partition coefficient (Wildman–Crippen LogP) is 3.83. The van der Waals surface area contributed by atoms with Crippen LogP contribution >= 0.6 is 0 Å². The summed E-state index contributed by atoms with van der Waals surface area (Å²) >= 11 is 0. The molecule has 2 aromatic carbocycles. The van der Waals surface area contributed by atoms with Crippen LogP contribution in [0.4, 0.5) is 11.4 Å². The highest BCUT2D eigenvalue weighted by Crippen LogP contribution is 2.35. The maximum atomic E-state index is 9.05. The molecule has 3 rings (SSSR count). The molecule has 0 radical (unpaired) electrons. The summed E-state index contributed by atoms with van der Waals surface area (Å²) in [5, 5.41) is 9.05. The molecule has 0 amide bonds. The van der Waals surface area contributed by atoms with Gasteiger partial charge in [0.25, 0.3) is 0 Å². The zero-order valence-electron chi connectivity index (χ0n) is 9.88. The Morgan fingerprint density at radius 3 is 1.83 bits per heavy atom. The fraction of sp³-hybridized carbons (Fsp3) is 0.0625. The van der Waals surface area contributed by atoms with E-state index in [0.29, 0.717) is 6.54 Å². The third kappa shape index (κ3) is 1.66. The van der Waals surface area contributed by atoms with Crippen LogP contribution in [0, 0.1) is 11.3 Å². The highest BCUT2D eigenvalue weighted by molar-refractivity contribution is 5.88. The van der Waals surface area contributed by atoms with Crippen LogP contribution in [0.3, 0.4) is 0 Å². The van der Waals surface area contributed by atoms with E-state index >= 15 is 0 Å². The van der Waals surface area contributed by atoms with Crippen molar-refractivity contribution in [3.8, 4) is 6.07 Å². The van der Waals surface area contributed by atoms with Crippen molar-refractivity contribution in [2.24, 2.45) is 0 Å². The Morgan fingerprint density at radius 2 is 1.33 bits per heavy atom. The third-order valence-corrected chi connectivity index (χ3v) is 3.13. The molecule has 0 spiro atoms. The van der Waals surface area contributed by atoms with Gasteiger partial charge in [-0.05, 0) is 23.3 Å². The van der Waals surface area contributed by atoms with Crippen molar-refractivity contribution in [1.29, 1.82) is 5.26 Å². The number of nitrogens with zero attached hydrogens (tertiary/aromatic N) is 2. The Morgan fingerprint density at radius 1 is 0.833 bits per heavy atom. The molecule has 0 N–H and O–H groups in total. The van der Waals surface area contributed by atoms with Gasteiger partial charge in [-0.2, -0.15) is 5.26 Å². The van der Waals surface area contributed by atoms with E-state index in [1.54, 1.807) is 0 Å². The Kier molecular flexibility index (Phi) is 2.59. The maximum absolute atomic E-state index is 9.05. The predicted molar refractivity (Wildman–Crippen MR) is 74.4 cm³/mol. The van der Waals surface area contributed by atoms with Gasteiger partial charge in [-0.1, -0.05) is 48.6 Å². The molecular weight excluding hydrogens is 220 g/mol. The van der Waals surface area contributed by atoms with Crippen LogP contribution in [0.2, 0.25) is 0 Å². The SMILES string of the molecule is N#CCN1c2ccccc2C=Cc2ccccc21. The molecule has 2 nitrogen and oxygen atoms in total. The highest BCUT2D eigenvalue weighted by Gasteiger charge is 2.16. The summed E-state index contributed by atoms with van der Waals surface area (Å²) in [5.74, 6) is 0. The molecule has 0 saturated heterocycles. The number of fused-ring (bicyclic) bond motifs is 2. The van der Waals surface area contributed by atoms with E-state index in [4.69, 9.17) is 5.26 Å². The van der Waals surface area contributed by atoms with Gasteiger partial charge in [0.1, 0.15) is 6.54 Å². The molecule has 0 fully saturated rings. The lowest BCUT2D eigenvalue weighted by atomic mass is 10.1. The summed E-state index contributed by atoms with van der Waals surface area (Å²) in [7, 11) is 0. The molecule has 0 aromatic heterocycles. The van der Waals surface area contributed by atoms with E-state index in [1.807, 2.05) is 24.3 Å². The largest absolute Gasteiger partial charge is 0.327 e. The number of benzene rings is 2. The number of rotatable bonds is 1. The van der Waals surface area contributed by atoms with Crippen LogP contribution in [0.5, 0.6) is 0 Å². The highest BCUT2D eigenvalue weighted by atomic mass is 15.1. The summed E-state index contributed by atoms with van der Waals surface area (Å²) in [5.41, 5.74) is 4.45. The normalized spacial score (nSPS) is 12.3. The first kappa shape index (κ1) is 10.6. The number of hydrogen-bond donors (Lipinski definition) is 0. The Balaban J connectivity index is 2.24. The van der Waals surface area contributed by atoms with Crippen LogP contribution in [-0.2, 0) is 0 Å². The second-order valence-corrected chi connectivity index (χ2v) is 4.20. The minimum absolute atomic E-state index is 0.357. The first-order valence-corrected chi connectivity index (χ1v) is 5.91. The molecule has 18 heavy (non-hydrogen) atoms. The molecule has 2 heteroatoms. The van der Waals surface area contributed by atoms with E-state index in [9.17, 15) is 0 Å². The van der Waals surface area contributed by atoms with E-state index in [1.165, 1.54) is 0 Å². The van der Waals surface area contributed by atoms with Gasteiger partial charge in [0, 0.05) is 11.4 Å². The van der Waals surface area contributed by atoms with E-state index in [-0.39, 0.29) is 0 Å². The van der Waals surface area contributed by atoms with Crippen molar-refractivity contribution in [1.82, 2.24) is 0 Å². The zero-order valence-corrected chi connectivity index (χ0v) is 9.88. The molecular formula is C16H12N2. The quantitative estimate of drug-likeness (QED) is 0.699. The van der Waals surface area contributed by atoms with Crippen LogP contribution < -0.4 is 4.90 Å². The summed E-state index contributed by atoms with van der Waals surface area (Å²) in [6.07, 6.45) is 4.21. The molecule has 0 atom stereocenters. The Bertz CT molecular complexity index is 601. The topological polar surface area (TPSA) is 27.0 Å². The minimum atomic E-state index is 0.357. The second-order valence-electron chi connectivity index (χ2n) is 4.20. The van der Waals surface area contributed by atoms with Gasteiger partial charge in [0.05, 0.1) is 6.07 Å². The van der Waals surface area contributed by atoms with Gasteiger partial charge in [0.15, 0.2) is 0 Å². The molecule has 86 valence electrons. The van der Waals surface area contributed by atoms with E-state index < -0.39 is 0 Å². The lowest BCUT2D eigenvalue weighted by Crippen LogP contribution is -2.18. The van der Waals surface area contributed by atoms with Crippen molar-refractivity contribution in [2.75, 3.05) is 11.4 Å². The first-order chi connectivity index (χ1) is 8.90. The molecule has 0 bridgehead atoms. The van der Waals surface area contributed by atoms with Crippen molar-refractivity contribution in [2.45, 2.75) is 0 Å². The van der Waals surface area contributed by atoms with Crippen molar-refractivity contribution in [3.63, 3.8) is 0 Å². The van der Waals surface area contributed by atoms with Crippen LogP contribution in [0.25, 0.3) is 12.2 Å². The third-order valence-electron chi connectivity index (χ3n) is 3.13. The van der Waals surface area contributed by atoms with E-state index in [2.05, 4.69) is 47.4 Å². The average molecular weight is 232 g/mol. The minimum Gasteiger partial charge on any atom is -0.327 e. The molecule has 0 unspecified atom stereocenters. The smallest absolute Gasteiger partial charge is 0.110 e. The number of hydrogen-bond acceptors (Lipinski definition) is 2. The molecule has 0 saturated carbocycles. The van der Waals surface area contributed by atoms with Crippen LogP contribution in [-0.4, -0.2) is 6.54 Å². The molecule has 1 aliphatic heterocycles. The standard InChI is InChI=1S/C16H12N2/c17-11-12-18-15-7-3-1-5-13(15)9-10-14-6-2-4-8-16(14)18/h1-10H,12H2. The summed E-state index contributed by atoms with van der Waals surface area (Å²) < 4.78 is 0. The van der Waals surface area contributed by atoms with Gasteiger partial charge in [-0.3, -0.25) is 0 Å². The number of para-hydroxylation sites is 2.